The van der Waals surface area contributed by atoms with Gasteiger partial charge >= 0.3 is 12.2 Å². The number of alkyl halides is 3. The van der Waals surface area contributed by atoms with Gasteiger partial charge in [0.2, 0.25) is 5.91 Å². The number of carbonyl (C=O) groups is 2. The van der Waals surface area contributed by atoms with Crippen LogP contribution in [0, 0.1) is 0 Å². The predicted octanol–water partition coefficient (Wildman–Crippen LogP) is 2.54. The highest BCUT2D eigenvalue weighted by Crippen LogP contribution is 2.32. The molecule has 102 valence electrons. The van der Waals surface area contributed by atoms with Crippen LogP contribution in [0.3, 0.4) is 0 Å². The first-order valence-electron chi connectivity index (χ1n) is 5.60. The first kappa shape index (κ1) is 13.4. The number of hydrogen-bond donors (Lipinski definition) is 1. The number of imide groups is 1. The minimum Gasteiger partial charge on any atom is -0.334 e. The number of halogens is 3. The number of benzene rings is 1. The van der Waals surface area contributed by atoms with E-state index in [1.807, 2.05) is 0 Å². The van der Waals surface area contributed by atoms with E-state index >= 15 is 0 Å². The van der Waals surface area contributed by atoms with Gasteiger partial charge < -0.3 is 5.32 Å². The molecular weight excluding hydrogens is 261 g/mol. The number of carbonyl (C=O) groups excluding carboxylic acids is 2. The van der Waals surface area contributed by atoms with Crippen molar-refractivity contribution < 1.29 is 22.8 Å². The Morgan fingerprint density at radius 3 is 2.58 bits per heavy atom. The molecule has 19 heavy (non-hydrogen) atoms. The zero-order chi connectivity index (χ0) is 14.2. The van der Waals surface area contributed by atoms with Crippen LogP contribution in [0.4, 0.5) is 23.7 Å². The molecule has 0 saturated carbocycles. The Bertz CT molecular complexity index is 510. The van der Waals surface area contributed by atoms with E-state index in [1.165, 1.54) is 6.07 Å². The summed E-state index contributed by atoms with van der Waals surface area (Å²) < 4.78 is 37.8. The molecule has 1 N–H and O–H groups in total. The summed E-state index contributed by atoms with van der Waals surface area (Å²) in [7, 11) is 0. The molecule has 1 aliphatic rings. The molecule has 1 unspecified atom stereocenters. The fourth-order valence-electron chi connectivity index (χ4n) is 1.88. The van der Waals surface area contributed by atoms with Crippen molar-refractivity contribution in [2.24, 2.45) is 0 Å². The van der Waals surface area contributed by atoms with E-state index in [1.54, 1.807) is 6.92 Å². The number of nitrogens with zero attached hydrogens (tertiary/aromatic N) is 1. The Hall–Kier alpha value is -2.05. The van der Waals surface area contributed by atoms with Gasteiger partial charge in [-0.1, -0.05) is 6.07 Å². The third-order valence-corrected chi connectivity index (χ3v) is 2.73. The van der Waals surface area contributed by atoms with Gasteiger partial charge in [-0.15, -0.1) is 0 Å². The molecule has 0 aromatic heterocycles. The Morgan fingerprint density at radius 1 is 1.32 bits per heavy atom. The van der Waals surface area contributed by atoms with Crippen molar-refractivity contribution in [2.75, 3.05) is 4.90 Å². The van der Waals surface area contributed by atoms with Gasteiger partial charge in [0.05, 0.1) is 11.3 Å². The van der Waals surface area contributed by atoms with Crippen molar-refractivity contribution in [1.29, 1.82) is 0 Å². The van der Waals surface area contributed by atoms with Crippen LogP contribution >= 0.6 is 0 Å². The maximum Gasteiger partial charge on any atom is 0.416 e. The molecule has 1 fully saturated rings. The van der Waals surface area contributed by atoms with Crippen molar-refractivity contribution in [3.63, 3.8) is 0 Å². The van der Waals surface area contributed by atoms with Gasteiger partial charge in [-0.25, -0.2) is 9.69 Å². The largest absolute Gasteiger partial charge is 0.416 e. The van der Waals surface area contributed by atoms with Gasteiger partial charge in [0, 0.05) is 12.5 Å². The van der Waals surface area contributed by atoms with Gasteiger partial charge in [-0.05, 0) is 25.1 Å². The highest BCUT2D eigenvalue weighted by molar-refractivity contribution is 6.16. The quantitative estimate of drug-likeness (QED) is 0.854. The molecule has 1 heterocycles. The first-order valence-corrected chi connectivity index (χ1v) is 5.60. The summed E-state index contributed by atoms with van der Waals surface area (Å²) in [6.45, 7) is 1.65. The standard InChI is InChI=1S/C12H11F3N2O2/c1-7-5-10(18)17(11(19)16-7)9-4-2-3-8(6-9)12(13,14)15/h2-4,6-7H,5H2,1H3,(H,16,19). The summed E-state index contributed by atoms with van der Waals surface area (Å²) in [5.41, 5.74) is -0.978. The van der Waals surface area contributed by atoms with Gasteiger partial charge in [0.25, 0.3) is 0 Å². The lowest BCUT2D eigenvalue weighted by atomic mass is 10.1. The predicted molar refractivity (Wildman–Crippen MR) is 61.5 cm³/mol. The number of urea groups is 1. The van der Waals surface area contributed by atoms with E-state index in [0.717, 1.165) is 23.1 Å². The van der Waals surface area contributed by atoms with Crippen LogP contribution in [0.25, 0.3) is 0 Å². The highest BCUT2D eigenvalue weighted by Gasteiger charge is 2.34. The summed E-state index contributed by atoms with van der Waals surface area (Å²) >= 11 is 0. The summed E-state index contributed by atoms with van der Waals surface area (Å²) in [5, 5.41) is 2.50. The average Bonchev–Trinajstić information content (AvgIpc) is 2.26. The Kier molecular flexibility index (Phi) is 3.21. The number of hydrogen-bond acceptors (Lipinski definition) is 2. The van der Waals surface area contributed by atoms with E-state index in [9.17, 15) is 22.8 Å². The topological polar surface area (TPSA) is 49.4 Å². The molecular formula is C12H11F3N2O2. The number of anilines is 1. The second kappa shape index (κ2) is 4.56. The number of nitrogens with one attached hydrogen (secondary N) is 1. The average molecular weight is 272 g/mol. The smallest absolute Gasteiger partial charge is 0.334 e. The van der Waals surface area contributed by atoms with Crippen LogP contribution in [0.1, 0.15) is 18.9 Å². The Balaban J connectivity index is 2.36. The SMILES string of the molecule is CC1CC(=O)N(c2cccc(C(F)(F)F)c2)C(=O)N1. The van der Waals surface area contributed by atoms with Gasteiger partial charge in [0.15, 0.2) is 0 Å². The number of rotatable bonds is 1. The summed E-state index contributed by atoms with van der Waals surface area (Å²) in [5.74, 6) is -0.518. The lowest BCUT2D eigenvalue weighted by Gasteiger charge is -2.29. The lowest BCUT2D eigenvalue weighted by molar-refractivity contribution is -0.137. The van der Waals surface area contributed by atoms with Crippen molar-refractivity contribution in [2.45, 2.75) is 25.6 Å². The van der Waals surface area contributed by atoms with E-state index in [4.69, 9.17) is 0 Å². The summed E-state index contributed by atoms with van der Waals surface area (Å²) in [4.78, 5) is 24.2. The molecule has 1 atom stereocenters. The molecule has 1 aromatic carbocycles. The normalized spacial score (nSPS) is 20.4. The molecule has 1 saturated heterocycles. The zero-order valence-corrected chi connectivity index (χ0v) is 9.99. The molecule has 0 bridgehead atoms. The fourth-order valence-corrected chi connectivity index (χ4v) is 1.88. The minimum atomic E-state index is -4.52. The van der Waals surface area contributed by atoms with Crippen molar-refractivity contribution in [3.05, 3.63) is 29.8 Å². The van der Waals surface area contributed by atoms with Crippen LogP contribution in [0.15, 0.2) is 24.3 Å². The molecule has 1 aromatic rings. The van der Waals surface area contributed by atoms with E-state index in [-0.39, 0.29) is 18.2 Å². The van der Waals surface area contributed by atoms with Crippen molar-refractivity contribution in [1.82, 2.24) is 5.32 Å². The third-order valence-electron chi connectivity index (χ3n) is 2.73. The second-order valence-corrected chi connectivity index (χ2v) is 4.33. The Labute approximate surface area is 107 Å². The first-order chi connectivity index (χ1) is 8.79. The van der Waals surface area contributed by atoms with Crippen LogP contribution in [0.5, 0.6) is 0 Å². The molecule has 0 spiro atoms. The van der Waals surface area contributed by atoms with E-state index in [2.05, 4.69) is 5.32 Å². The summed E-state index contributed by atoms with van der Waals surface area (Å²) in [6, 6.07) is 3.11. The summed E-state index contributed by atoms with van der Waals surface area (Å²) in [6.07, 6.45) is -4.46. The minimum absolute atomic E-state index is 0.0575. The molecule has 2 rings (SSSR count). The lowest BCUT2D eigenvalue weighted by Crippen LogP contribution is -2.54. The molecule has 1 aliphatic heterocycles. The molecule has 0 radical (unpaired) electrons. The van der Waals surface area contributed by atoms with Crippen LogP contribution < -0.4 is 10.2 Å². The Morgan fingerprint density at radius 2 is 2.00 bits per heavy atom. The zero-order valence-electron chi connectivity index (χ0n) is 9.99. The molecule has 7 heteroatoms. The maximum atomic E-state index is 12.6. The maximum absolute atomic E-state index is 12.6. The van der Waals surface area contributed by atoms with Crippen LogP contribution in [0.2, 0.25) is 0 Å². The molecule has 3 amide bonds. The fraction of sp³-hybridized carbons (Fsp3) is 0.333. The highest BCUT2D eigenvalue weighted by atomic mass is 19.4. The van der Waals surface area contributed by atoms with Gasteiger partial charge in [-0.3, -0.25) is 4.79 Å². The molecule has 4 nitrogen and oxygen atoms in total. The van der Waals surface area contributed by atoms with Crippen LogP contribution in [-0.4, -0.2) is 18.0 Å². The molecule has 0 aliphatic carbocycles. The van der Waals surface area contributed by atoms with E-state index in [0.29, 0.717) is 0 Å². The third kappa shape index (κ3) is 2.69. The number of amides is 3. The van der Waals surface area contributed by atoms with Gasteiger partial charge in [0.1, 0.15) is 0 Å². The van der Waals surface area contributed by atoms with E-state index < -0.39 is 23.7 Å². The second-order valence-electron chi connectivity index (χ2n) is 4.33. The van der Waals surface area contributed by atoms with Crippen molar-refractivity contribution >= 4 is 17.6 Å². The van der Waals surface area contributed by atoms with Crippen molar-refractivity contribution in [3.8, 4) is 0 Å². The monoisotopic (exact) mass is 272 g/mol. The van der Waals surface area contributed by atoms with Gasteiger partial charge in [-0.2, -0.15) is 13.2 Å². The van der Waals surface area contributed by atoms with Crippen LogP contribution in [-0.2, 0) is 11.0 Å².